The minimum Gasteiger partial charge on any atom is -0.166 e. The third-order valence-corrected chi connectivity index (χ3v) is 1.77. The zero-order chi connectivity index (χ0) is 11.5. The SMILES string of the molecule is C=C(C)/C=C/c1cccc(C(F)(F)F)c1. The highest BCUT2D eigenvalue weighted by molar-refractivity contribution is 5.53. The van der Waals surface area contributed by atoms with Crippen LogP contribution in [0.15, 0.2) is 42.5 Å². The Bertz CT molecular complexity index is 386. The predicted molar refractivity (Wildman–Crippen MR) is 55.3 cm³/mol. The first-order valence-electron chi connectivity index (χ1n) is 4.40. The van der Waals surface area contributed by atoms with Gasteiger partial charge in [-0.2, -0.15) is 13.2 Å². The van der Waals surface area contributed by atoms with Gasteiger partial charge in [0.1, 0.15) is 0 Å². The molecule has 0 heterocycles. The van der Waals surface area contributed by atoms with Crippen LogP contribution < -0.4 is 0 Å². The van der Waals surface area contributed by atoms with Crippen molar-refractivity contribution in [1.82, 2.24) is 0 Å². The Hall–Kier alpha value is -1.51. The first-order valence-corrected chi connectivity index (χ1v) is 4.40. The van der Waals surface area contributed by atoms with Crippen LogP contribution in [0, 0.1) is 0 Å². The molecule has 0 fully saturated rings. The Morgan fingerprint density at radius 1 is 1.33 bits per heavy atom. The molecule has 0 saturated heterocycles. The molecular formula is C12H11F3. The topological polar surface area (TPSA) is 0 Å². The lowest BCUT2D eigenvalue weighted by Crippen LogP contribution is -2.04. The van der Waals surface area contributed by atoms with Crippen LogP contribution >= 0.6 is 0 Å². The van der Waals surface area contributed by atoms with E-state index in [2.05, 4.69) is 6.58 Å². The normalized spacial score (nSPS) is 12.0. The molecule has 0 atom stereocenters. The molecule has 0 aliphatic rings. The summed E-state index contributed by atoms with van der Waals surface area (Å²) in [6, 6.07) is 5.17. The summed E-state index contributed by atoms with van der Waals surface area (Å²) in [6.07, 6.45) is -1.000. The lowest BCUT2D eigenvalue weighted by Gasteiger charge is -2.06. The van der Waals surface area contributed by atoms with Crippen LogP contribution in [0.5, 0.6) is 0 Å². The smallest absolute Gasteiger partial charge is 0.166 e. The molecule has 0 radical (unpaired) electrons. The van der Waals surface area contributed by atoms with Gasteiger partial charge in [0.25, 0.3) is 0 Å². The molecule has 80 valence electrons. The van der Waals surface area contributed by atoms with Crippen molar-refractivity contribution in [2.75, 3.05) is 0 Å². The van der Waals surface area contributed by atoms with Gasteiger partial charge < -0.3 is 0 Å². The zero-order valence-electron chi connectivity index (χ0n) is 8.31. The van der Waals surface area contributed by atoms with Crippen LogP contribution in [-0.2, 0) is 6.18 Å². The number of allylic oxidation sites excluding steroid dienone is 2. The Morgan fingerprint density at radius 3 is 2.53 bits per heavy atom. The van der Waals surface area contributed by atoms with E-state index in [0.29, 0.717) is 5.56 Å². The van der Waals surface area contributed by atoms with E-state index in [9.17, 15) is 13.2 Å². The van der Waals surface area contributed by atoms with Crippen molar-refractivity contribution in [3.8, 4) is 0 Å². The van der Waals surface area contributed by atoms with Gasteiger partial charge >= 0.3 is 6.18 Å². The van der Waals surface area contributed by atoms with Gasteiger partial charge in [0, 0.05) is 0 Å². The Kier molecular flexibility index (Phi) is 3.35. The zero-order valence-corrected chi connectivity index (χ0v) is 8.31. The number of hydrogen-bond donors (Lipinski definition) is 0. The molecule has 0 nitrogen and oxygen atoms in total. The second kappa shape index (κ2) is 4.34. The van der Waals surface area contributed by atoms with Gasteiger partial charge in [-0.15, -0.1) is 0 Å². The molecule has 1 aromatic carbocycles. The van der Waals surface area contributed by atoms with E-state index in [4.69, 9.17) is 0 Å². The maximum Gasteiger partial charge on any atom is 0.416 e. The van der Waals surface area contributed by atoms with Gasteiger partial charge in [-0.1, -0.05) is 36.4 Å². The van der Waals surface area contributed by atoms with E-state index < -0.39 is 11.7 Å². The first-order chi connectivity index (χ1) is 6.89. The van der Waals surface area contributed by atoms with E-state index in [1.807, 2.05) is 0 Å². The molecule has 0 spiro atoms. The second-order valence-electron chi connectivity index (χ2n) is 3.30. The van der Waals surface area contributed by atoms with Crippen molar-refractivity contribution in [3.63, 3.8) is 0 Å². The molecular weight excluding hydrogens is 201 g/mol. The lowest BCUT2D eigenvalue weighted by atomic mass is 10.1. The summed E-state index contributed by atoms with van der Waals surface area (Å²) in [6.45, 7) is 5.41. The Morgan fingerprint density at radius 2 is 2.00 bits per heavy atom. The average molecular weight is 212 g/mol. The molecule has 0 N–H and O–H groups in total. The summed E-state index contributed by atoms with van der Waals surface area (Å²) < 4.78 is 37.0. The molecule has 15 heavy (non-hydrogen) atoms. The van der Waals surface area contributed by atoms with E-state index in [1.165, 1.54) is 6.07 Å². The van der Waals surface area contributed by atoms with Crippen molar-refractivity contribution in [2.24, 2.45) is 0 Å². The highest BCUT2D eigenvalue weighted by Gasteiger charge is 2.30. The summed E-state index contributed by atoms with van der Waals surface area (Å²) in [7, 11) is 0. The number of benzene rings is 1. The largest absolute Gasteiger partial charge is 0.416 e. The van der Waals surface area contributed by atoms with Crippen LogP contribution in [0.4, 0.5) is 13.2 Å². The molecule has 0 aliphatic carbocycles. The van der Waals surface area contributed by atoms with Crippen LogP contribution in [0.3, 0.4) is 0 Å². The van der Waals surface area contributed by atoms with Crippen molar-refractivity contribution >= 4 is 6.08 Å². The highest BCUT2D eigenvalue weighted by atomic mass is 19.4. The van der Waals surface area contributed by atoms with E-state index in [0.717, 1.165) is 17.7 Å². The predicted octanol–water partition coefficient (Wildman–Crippen LogP) is 4.29. The summed E-state index contributed by atoms with van der Waals surface area (Å²) in [4.78, 5) is 0. The maximum absolute atomic E-state index is 12.3. The monoisotopic (exact) mass is 212 g/mol. The van der Waals surface area contributed by atoms with Gasteiger partial charge in [0.2, 0.25) is 0 Å². The van der Waals surface area contributed by atoms with Crippen molar-refractivity contribution in [2.45, 2.75) is 13.1 Å². The lowest BCUT2D eigenvalue weighted by molar-refractivity contribution is -0.137. The molecule has 0 unspecified atom stereocenters. The molecule has 0 aromatic heterocycles. The van der Waals surface area contributed by atoms with Crippen LogP contribution in [-0.4, -0.2) is 0 Å². The summed E-state index contributed by atoms with van der Waals surface area (Å²) in [5.74, 6) is 0. The minimum absolute atomic E-state index is 0.521. The first kappa shape index (κ1) is 11.6. The van der Waals surface area contributed by atoms with Crippen LogP contribution in [0.1, 0.15) is 18.1 Å². The van der Waals surface area contributed by atoms with Crippen molar-refractivity contribution in [1.29, 1.82) is 0 Å². The minimum atomic E-state index is -4.28. The van der Waals surface area contributed by atoms with Gasteiger partial charge in [0.15, 0.2) is 0 Å². The van der Waals surface area contributed by atoms with E-state index >= 15 is 0 Å². The van der Waals surface area contributed by atoms with Crippen molar-refractivity contribution in [3.05, 3.63) is 53.6 Å². The molecule has 0 amide bonds. The molecule has 1 rings (SSSR count). The van der Waals surface area contributed by atoms with Crippen LogP contribution in [0.25, 0.3) is 6.08 Å². The summed E-state index contributed by atoms with van der Waals surface area (Å²) in [5, 5.41) is 0. The third kappa shape index (κ3) is 3.62. The van der Waals surface area contributed by atoms with Gasteiger partial charge in [-0.3, -0.25) is 0 Å². The second-order valence-corrected chi connectivity index (χ2v) is 3.30. The summed E-state index contributed by atoms with van der Waals surface area (Å²) in [5.41, 5.74) is 0.687. The number of halogens is 3. The van der Waals surface area contributed by atoms with E-state index in [-0.39, 0.29) is 0 Å². The average Bonchev–Trinajstić information content (AvgIpc) is 2.14. The fourth-order valence-corrected chi connectivity index (χ4v) is 1.06. The van der Waals surface area contributed by atoms with Crippen LogP contribution in [0.2, 0.25) is 0 Å². The molecule has 0 bridgehead atoms. The maximum atomic E-state index is 12.3. The fraction of sp³-hybridized carbons (Fsp3) is 0.167. The van der Waals surface area contributed by atoms with Crippen molar-refractivity contribution < 1.29 is 13.2 Å². The quantitative estimate of drug-likeness (QED) is 0.641. The molecule has 3 heteroatoms. The Balaban J connectivity index is 2.98. The number of hydrogen-bond acceptors (Lipinski definition) is 0. The standard InChI is InChI=1S/C12H11F3/c1-9(2)6-7-10-4-3-5-11(8-10)12(13,14)15/h3-8H,1H2,2H3/b7-6+. The fourth-order valence-electron chi connectivity index (χ4n) is 1.06. The summed E-state index contributed by atoms with van der Waals surface area (Å²) >= 11 is 0. The van der Waals surface area contributed by atoms with Gasteiger partial charge in [0.05, 0.1) is 5.56 Å². The molecule has 0 aliphatic heterocycles. The Labute approximate surface area is 86.7 Å². The highest BCUT2D eigenvalue weighted by Crippen LogP contribution is 2.29. The van der Waals surface area contributed by atoms with E-state index in [1.54, 1.807) is 25.1 Å². The molecule has 1 aromatic rings. The number of alkyl halides is 3. The molecule has 0 saturated carbocycles. The number of rotatable bonds is 2. The third-order valence-electron chi connectivity index (χ3n) is 1.77. The van der Waals surface area contributed by atoms with Gasteiger partial charge in [-0.05, 0) is 24.6 Å². The van der Waals surface area contributed by atoms with Gasteiger partial charge in [-0.25, -0.2) is 0 Å².